The normalized spacial score (nSPS) is 24.0. The molecule has 2 amide bonds. The maximum absolute atomic E-state index is 14.5. The SMILES string of the molecule is C=C1N(C)C=NC1(C)c1ccc(C2=CCN(C(=O)CN3CCC4(CCCN(c5ccc6c(c5)C(c5ccc(CCC(C)C)nc5)=C(CC)CC6)C4=O)C3)CC2)cc1. The number of allylic oxidation sites excluding steroid dienone is 1. The molecule has 8 nitrogen and oxygen atoms in total. The quantitative estimate of drug-likeness (QED) is 0.207. The first-order chi connectivity index (χ1) is 27.5. The third-order valence-electron chi connectivity index (χ3n) is 13.6. The summed E-state index contributed by atoms with van der Waals surface area (Å²) in [5.74, 6) is 1.03. The van der Waals surface area contributed by atoms with E-state index >= 15 is 0 Å². The molecule has 2 unspecified atom stereocenters. The number of pyridine rings is 1. The van der Waals surface area contributed by atoms with E-state index in [0.29, 0.717) is 32.1 Å². The van der Waals surface area contributed by atoms with Crippen molar-refractivity contribution in [3.8, 4) is 0 Å². The van der Waals surface area contributed by atoms with Gasteiger partial charge in [-0.05, 0) is 129 Å². The van der Waals surface area contributed by atoms with Crippen LogP contribution in [0, 0.1) is 11.3 Å². The average Bonchev–Trinajstić information content (AvgIpc) is 3.76. The topological polar surface area (TPSA) is 72.3 Å². The summed E-state index contributed by atoms with van der Waals surface area (Å²) in [5, 5.41) is 0. The van der Waals surface area contributed by atoms with Gasteiger partial charge in [-0.3, -0.25) is 24.5 Å². The van der Waals surface area contributed by atoms with E-state index in [9.17, 15) is 9.59 Å². The van der Waals surface area contributed by atoms with Gasteiger partial charge in [-0.2, -0.15) is 0 Å². The number of likely N-dealkylation sites (tertiary alicyclic amines) is 1. The van der Waals surface area contributed by atoms with Crippen LogP contribution in [0.5, 0.6) is 0 Å². The summed E-state index contributed by atoms with van der Waals surface area (Å²) >= 11 is 0. The molecule has 8 heteroatoms. The second-order valence-electron chi connectivity index (χ2n) is 17.7. The third kappa shape index (κ3) is 7.53. The molecular weight excluding hydrogens is 705 g/mol. The molecule has 3 aromatic rings. The van der Waals surface area contributed by atoms with E-state index in [1.807, 2.05) is 23.2 Å². The number of hydrogen-bond acceptors (Lipinski definition) is 6. The predicted octanol–water partition coefficient (Wildman–Crippen LogP) is 8.67. The maximum atomic E-state index is 14.5. The number of rotatable bonds is 10. The number of piperidine rings is 1. The number of hydrogen-bond donors (Lipinski definition) is 0. The number of carbonyl (C=O) groups is 2. The summed E-state index contributed by atoms with van der Waals surface area (Å²) in [6.45, 7) is 17.0. The van der Waals surface area contributed by atoms with E-state index < -0.39 is 11.0 Å². The molecule has 1 aliphatic carbocycles. The summed E-state index contributed by atoms with van der Waals surface area (Å²) in [4.78, 5) is 46.1. The van der Waals surface area contributed by atoms with Gasteiger partial charge in [0.2, 0.25) is 11.8 Å². The molecule has 0 N–H and O–H groups in total. The zero-order valence-corrected chi connectivity index (χ0v) is 34.8. The smallest absolute Gasteiger partial charge is 0.237 e. The predicted molar refractivity (Wildman–Crippen MR) is 232 cm³/mol. The summed E-state index contributed by atoms with van der Waals surface area (Å²) in [5.41, 5.74) is 12.4. The number of nitrogens with zero attached hydrogens (tertiary/aromatic N) is 6. The first-order valence-electron chi connectivity index (χ1n) is 21.4. The van der Waals surface area contributed by atoms with E-state index in [1.54, 1.807) is 0 Å². The van der Waals surface area contributed by atoms with Crippen molar-refractivity contribution in [1.29, 1.82) is 0 Å². The van der Waals surface area contributed by atoms with Crippen molar-refractivity contribution in [3.05, 3.63) is 118 Å². The fourth-order valence-corrected chi connectivity index (χ4v) is 9.83. The molecule has 2 atom stereocenters. The van der Waals surface area contributed by atoms with Gasteiger partial charge in [0, 0.05) is 62.1 Å². The van der Waals surface area contributed by atoms with Crippen molar-refractivity contribution in [3.63, 3.8) is 0 Å². The van der Waals surface area contributed by atoms with Crippen molar-refractivity contribution < 1.29 is 9.59 Å². The Kier molecular flexibility index (Phi) is 10.8. The Labute approximate surface area is 340 Å². The maximum Gasteiger partial charge on any atom is 0.237 e. The number of fused-ring (bicyclic) bond motifs is 1. The summed E-state index contributed by atoms with van der Waals surface area (Å²) < 4.78 is 0. The summed E-state index contributed by atoms with van der Waals surface area (Å²) in [7, 11) is 1.98. The zero-order chi connectivity index (χ0) is 39.9. The first-order valence-corrected chi connectivity index (χ1v) is 21.4. The Balaban J connectivity index is 0.912. The zero-order valence-electron chi connectivity index (χ0n) is 34.8. The Morgan fingerprint density at radius 2 is 1.77 bits per heavy atom. The lowest BCUT2D eigenvalue weighted by Gasteiger charge is -2.40. The van der Waals surface area contributed by atoms with E-state index in [-0.39, 0.29) is 11.8 Å². The summed E-state index contributed by atoms with van der Waals surface area (Å²) in [6.07, 6.45) is 14.8. The van der Waals surface area contributed by atoms with Crippen LogP contribution in [0.1, 0.15) is 106 Å². The van der Waals surface area contributed by atoms with Crippen molar-refractivity contribution in [2.24, 2.45) is 16.3 Å². The summed E-state index contributed by atoms with van der Waals surface area (Å²) in [6, 6.07) is 19.8. The number of aromatic nitrogens is 1. The molecule has 8 rings (SSSR count). The molecule has 0 saturated carbocycles. The fourth-order valence-electron chi connectivity index (χ4n) is 9.83. The highest BCUT2D eigenvalue weighted by atomic mass is 16.2. The van der Waals surface area contributed by atoms with Crippen molar-refractivity contribution in [1.82, 2.24) is 19.7 Å². The van der Waals surface area contributed by atoms with Crippen LogP contribution in [0.4, 0.5) is 5.69 Å². The molecule has 57 heavy (non-hydrogen) atoms. The molecule has 0 radical (unpaired) electrons. The Morgan fingerprint density at radius 3 is 2.46 bits per heavy atom. The largest absolute Gasteiger partial charge is 0.338 e. The third-order valence-corrected chi connectivity index (χ3v) is 13.6. The van der Waals surface area contributed by atoms with Crippen LogP contribution in [0.25, 0.3) is 11.1 Å². The van der Waals surface area contributed by atoms with E-state index in [4.69, 9.17) is 9.98 Å². The molecule has 5 aliphatic rings. The molecule has 4 aliphatic heterocycles. The minimum absolute atomic E-state index is 0.149. The van der Waals surface area contributed by atoms with Gasteiger partial charge in [0.25, 0.3) is 0 Å². The molecule has 5 heterocycles. The van der Waals surface area contributed by atoms with Gasteiger partial charge in [-0.15, -0.1) is 0 Å². The van der Waals surface area contributed by atoms with Crippen molar-refractivity contribution in [2.75, 3.05) is 51.2 Å². The lowest BCUT2D eigenvalue weighted by Crippen LogP contribution is -2.51. The molecular formula is C49H60N6O2. The highest BCUT2D eigenvalue weighted by Crippen LogP contribution is 2.44. The molecule has 2 fully saturated rings. The second-order valence-corrected chi connectivity index (χ2v) is 17.7. The minimum atomic E-state index is -0.443. The number of carbonyl (C=O) groups excluding carboxylic acids is 2. The van der Waals surface area contributed by atoms with Gasteiger partial charge in [-0.1, -0.05) is 75.4 Å². The van der Waals surface area contributed by atoms with Crippen LogP contribution < -0.4 is 4.90 Å². The molecule has 2 saturated heterocycles. The van der Waals surface area contributed by atoms with Crippen LogP contribution in [0.3, 0.4) is 0 Å². The van der Waals surface area contributed by atoms with Crippen LogP contribution in [-0.4, -0.2) is 84.2 Å². The number of anilines is 1. The van der Waals surface area contributed by atoms with Gasteiger partial charge in [-0.25, -0.2) is 0 Å². The fraction of sp³-hybridized carbons (Fsp3) is 0.469. The number of aryl methyl sites for hydroxylation is 2. The van der Waals surface area contributed by atoms with Gasteiger partial charge >= 0.3 is 0 Å². The first kappa shape index (κ1) is 39.0. The van der Waals surface area contributed by atoms with Crippen molar-refractivity contribution >= 4 is 35.0 Å². The Morgan fingerprint density at radius 1 is 0.965 bits per heavy atom. The van der Waals surface area contributed by atoms with E-state index in [2.05, 4.69) is 111 Å². The highest BCUT2D eigenvalue weighted by molar-refractivity contribution is 6.00. The average molecular weight is 765 g/mol. The lowest BCUT2D eigenvalue weighted by atomic mass is 9.77. The monoisotopic (exact) mass is 764 g/mol. The van der Waals surface area contributed by atoms with Crippen LogP contribution in [0.15, 0.2) is 89.7 Å². The Bertz CT molecular complexity index is 2130. The van der Waals surface area contributed by atoms with Crippen LogP contribution >= 0.6 is 0 Å². The van der Waals surface area contributed by atoms with Crippen LogP contribution in [0.2, 0.25) is 0 Å². The molecule has 1 spiro atoms. The second kappa shape index (κ2) is 15.8. The molecule has 2 aromatic carbocycles. The van der Waals surface area contributed by atoms with Gasteiger partial charge in [0.05, 0.1) is 18.3 Å². The van der Waals surface area contributed by atoms with E-state index in [0.717, 1.165) is 93.5 Å². The molecule has 1 aromatic heterocycles. The highest BCUT2D eigenvalue weighted by Gasteiger charge is 2.49. The Hall–Kier alpha value is -4.82. The molecule has 0 bridgehead atoms. The van der Waals surface area contributed by atoms with Gasteiger partial charge < -0.3 is 14.7 Å². The van der Waals surface area contributed by atoms with Crippen LogP contribution in [-0.2, 0) is 28.0 Å². The standard InChI is InChI=1S/C49H60N6O2/c1-7-36-10-11-39-15-20-43(29-44(39)46(36)40-14-19-42(50-30-40)18-9-34(2)3)55-25-8-23-49(47(55)57)24-28-53(32-49)31-45(56)54-26-21-38(22-27-54)37-12-16-41(17-13-37)48(5)35(4)52(6)33-51-48/h12-17,19-21,29-30,33-34H,4,7-11,18,22-28,31-32H2,1-3,5-6H3. The van der Waals surface area contributed by atoms with E-state index in [1.165, 1.54) is 39.0 Å². The number of amides is 2. The van der Waals surface area contributed by atoms with Gasteiger partial charge in [0.1, 0.15) is 5.54 Å². The molecule has 298 valence electrons. The van der Waals surface area contributed by atoms with Crippen molar-refractivity contribution in [2.45, 2.75) is 91.0 Å². The minimum Gasteiger partial charge on any atom is -0.338 e. The number of benzene rings is 2. The lowest BCUT2D eigenvalue weighted by molar-refractivity contribution is -0.133. The number of aliphatic imine (C=N–C) groups is 1. The number of likely N-dealkylation sites (N-methyl/N-ethyl adjacent to an activating group) is 1. The van der Waals surface area contributed by atoms with Gasteiger partial charge in [0.15, 0.2) is 0 Å².